The molecule has 0 aromatic heterocycles. The molecule has 3 nitrogen and oxygen atoms in total. The highest BCUT2D eigenvalue weighted by Crippen LogP contribution is 2.25. The predicted molar refractivity (Wildman–Crippen MR) is 88.6 cm³/mol. The van der Waals surface area contributed by atoms with Crippen molar-refractivity contribution in [2.45, 2.75) is 64.6 Å². The molecule has 1 aromatic rings. The fourth-order valence-electron chi connectivity index (χ4n) is 3.20. The van der Waals surface area contributed by atoms with Gasteiger partial charge >= 0.3 is 0 Å². The zero-order chi connectivity index (χ0) is 15.2. The Labute approximate surface area is 129 Å². The van der Waals surface area contributed by atoms with Gasteiger partial charge in [0.15, 0.2) is 0 Å². The topological polar surface area (TPSA) is 38.5 Å². The minimum absolute atomic E-state index is 0.0771. The molecule has 3 atom stereocenters. The number of nitrogens with zero attached hydrogens (tertiary/aromatic N) is 1. The first-order valence-corrected chi connectivity index (χ1v) is 8.36. The summed E-state index contributed by atoms with van der Waals surface area (Å²) < 4.78 is 5.62. The summed E-state index contributed by atoms with van der Waals surface area (Å²) in [7, 11) is 0. The van der Waals surface area contributed by atoms with Crippen LogP contribution in [-0.2, 0) is 0 Å². The molecule has 1 unspecified atom stereocenters. The van der Waals surface area contributed by atoms with Crippen molar-refractivity contribution in [3.05, 3.63) is 29.8 Å². The third kappa shape index (κ3) is 4.45. The van der Waals surface area contributed by atoms with Crippen LogP contribution in [0.5, 0.6) is 5.75 Å². The van der Waals surface area contributed by atoms with Crippen LogP contribution in [-0.4, -0.2) is 30.1 Å². The summed E-state index contributed by atoms with van der Waals surface area (Å²) in [6.07, 6.45) is 4.96. The lowest BCUT2D eigenvalue weighted by atomic mass is 9.96. The highest BCUT2D eigenvalue weighted by molar-refractivity contribution is 5.29. The van der Waals surface area contributed by atoms with Crippen LogP contribution in [0.1, 0.15) is 58.1 Å². The lowest BCUT2D eigenvalue weighted by Crippen LogP contribution is -2.46. The maximum atomic E-state index is 6.42. The van der Waals surface area contributed by atoms with E-state index in [-0.39, 0.29) is 6.04 Å². The summed E-state index contributed by atoms with van der Waals surface area (Å²) in [6.45, 7) is 8.48. The van der Waals surface area contributed by atoms with Crippen LogP contribution in [0.4, 0.5) is 0 Å². The second-order valence-electron chi connectivity index (χ2n) is 6.35. The third-order valence-electron chi connectivity index (χ3n) is 4.56. The SMILES string of the molecule is CCCOc1ccc(C(N)CN2[C@H](C)CCC[C@@H]2C)cc1. The van der Waals surface area contributed by atoms with E-state index in [0.717, 1.165) is 25.3 Å². The molecule has 0 bridgehead atoms. The molecule has 21 heavy (non-hydrogen) atoms. The summed E-state index contributed by atoms with van der Waals surface area (Å²) in [6, 6.07) is 9.65. The fraction of sp³-hybridized carbons (Fsp3) is 0.667. The van der Waals surface area contributed by atoms with Crippen molar-refractivity contribution < 1.29 is 4.74 Å². The molecule has 0 radical (unpaired) electrons. The van der Waals surface area contributed by atoms with Crippen LogP contribution in [0, 0.1) is 0 Å². The average molecular weight is 290 g/mol. The molecule has 0 saturated carbocycles. The highest BCUT2D eigenvalue weighted by atomic mass is 16.5. The third-order valence-corrected chi connectivity index (χ3v) is 4.56. The van der Waals surface area contributed by atoms with Crippen LogP contribution in [0.2, 0.25) is 0 Å². The van der Waals surface area contributed by atoms with E-state index < -0.39 is 0 Å². The van der Waals surface area contributed by atoms with Gasteiger partial charge in [0.2, 0.25) is 0 Å². The molecular formula is C18H30N2O. The van der Waals surface area contributed by atoms with Crippen molar-refractivity contribution in [2.24, 2.45) is 5.73 Å². The number of benzene rings is 1. The van der Waals surface area contributed by atoms with Gasteiger partial charge in [0.25, 0.3) is 0 Å². The minimum atomic E-state index is 0.0771. The molecule has 2 rings (SSSR count). The van der Waals surface area contributed by atoms with E-state index in [4.69, 9.17) is 10.5 Å². The van der Waals surface area contributed by atoms with Gasteiger partial charge in [-0.25, -0.2) is 0 Å². The predicted octanol–water partition coefficient (Wildman–Crippen LogP) is 3.74. The van der Waals surface area contributed by atoms with E-state index in [1.54, 1.807) is 0 Å². The van der Waals surface area contributed by atoms with Gasteiger partial charge in [-0.05, 0) is 50.8 Å². The van der Waals surface area contributed by atoms with Crippen molar-refractivity contribution in [1.29, 1.82) is 0 Å². The van der Waals surface area contributed by atoms with Gasteiger partial charge in [0.1, 0.15) is 5.75 Å². The fourth-order valence-corrected chi connectivity index (χ4v) is 3.20. The maximum absolute atomic E-state index is 6.42. The summed E-state index contributed by atoms with van der Waals surface area (Å²) in [5, 5.41) is 0. The number of likely N-dealkylation sites (tertiary alicyclic amines) is 1. The monoisotopic (exact) mass is 290 g/mol. The number of rotatable bonds is 6. The lowest BCUT2D eigenvalue weighted by molar-refractivity contribution is 0.0961. The first-order chi connectivity index (χ1) is 10.1. The largest absolute Gasteiger partial charge is 0.494 e. The van der Waals surface area contributed by atoms with Crippen LogP contribution in [0.3, 0.4) is 0 Å². The molecule has 0 aliphatic carbocycles. The standard InChI is InChI=1S/C18H30N2O/c1-4-12-21-17-10-8-16(9-11-17)18(19)13-20-14(2)6-5-7-15(20)3/h8-11,14-15,18H,4-7,12-13,19H2,1-3H3/t14-,15+,18?. The Morgan fingerprint density at radius 1 is 1.19 bits per heavy atom. The van der Waals surface area contributed by atoms with E-state index in [1.807, 2.05) is 12.1 Å². The molecule has 0 amide bonds. The molecule has 118 valence electrons. The van der Waals surface area contributed by atoms with Crippen molar-refractivity contribution in [3.8, 4) is 5.75 Å². The average Bonchev–Trinajstić information content (AvgIpc) is 2.49. The number of nitrogens with two attached hydrogens (primary N) is 1. The van der Waals surface area contributed by atoms with Gasteiger partial charge < -0.3 is 10.5 Å². The van der Waals surface area contributed by atoms with Gasteiger partial charge in [-0.1, -0.05) is 25.5 Å². The van der Waals surface area contributed by atoms with E-state index in [1.165, 1.54) is 24.8 Å². The molecule has 2 N–H and O–H groups in total. The Kier molecular flexibility index (Phi) is 6.07. The highest BCUT2D eigenvalue weighted by Gasteiger charge is 2.26. The molecule has 3 heteroatoms. The van der Waals surface area contributed by atoms with Gasteiger partial charge in [-0.2, -0.15) is 0 Å². The summed E-state index contributed by atoms with van der Waals surface area (Å²) in [4.78, 5) is 2.57. The zero-order valence-corrected chi connectivity index (χ0v) is 13.7. The Morgan fingerprint density at radius 3 is 2.38 bits per heavy atom. The van der Waals surface area contributed by atoms with Crippen molar-refractivity contribution in [2.75, 3.05) is 13.2 Å². The Bertz CT molecular complexity index is 408. The minimum Gasteiger partial charge on any atom is -0.494 e. The first kappa shape index (κ1) is 16.3. The second-order valence-corrected chi connectivity index (χ2v) is 6.35. The number of piperidine rings is 1. The number of ether oxygens (including phenoxy) is 1. The van der Waals surface area contributed by atoms with Gasteiger partial charge in [-0.15, -0.1) is 0 Å². The van der Waals surface area contributed by atoms with E-state index in [9.17, 15) is 0 Å². The molecule has 1 saturated heterocycles. The summed E-state index contributed by atoms with van der Waals surface area (Å²) in [5.74, 6) is 0.938. The Morgan fingerprint density at radius 2 is 1.81 bits per heavy atom. The van der Waals surface area contributed by atoms with Crippen molar-refractivity contribution in [1.82, 2.24) is 4.90 Å². The zero-order valence-electron chi connectivity index (χ0n) is 13.7. The van der Waals surface area contributed by atoms with Gasteiger partial charge in [-0.3, -0.25) is 4.90 Å². The molecule has 1 aromatic carbocycles. The molecule has 1 fully saturated rings. The maximum Gasteiger partial charge on any atom is 0.119 e. The smallest absolute Gasteiger partial charge is 0.119 e. The van der Waals surface area contributed by atoms with E-state index in [2.05, 4.69) is 37.8 Å². The summed E-state index contributed by atoms with van der Waals surface area (Å²) in [5.41, 5.74) is 7.62. The second kappa shape index (κ2) is 7.81. The van der Waals surface area contributed by atoms with Crippen LogP contribution in [0.15, 0.2) is 24.3 Å². The van der Waals surface area contributed by atoms with E-state index >= 15 is 0 Å². The molecule has 1 aliphatic heterocycles. The Balaban J connectivity index is 1.94. The number of hydrogen-bond acceptors (Lipinski definition) is 3. The number of hydrogen-bond donors (Lipinski definition) is 1. The molecule has 1 heterocycles. The van der Waals surface area contributed by atoms with Gasteiger partial charge in [0.05, 0.1) is 6.61 Å². The van der Waals surface area contributed by atoms with Crippen LogP contribution in [0.25, 0.3) is 0 Å². The lowest BCUT2D eigenvalue weighted by Gasteiger charge is -2.40. The summed E-state index contributed by atoms with van der Waals surface area (Å²) >= 11 is 0. The molecular weight excluding hydrogens is 260 g/mol. The van der Waals surface area contributed by atoms with Crippen LogP contribution < -0.4 is 10.5 Å². The molecule has 1 aliphatic rings. The van der Waals surface area contributed by atoms with Crippen LogP contribution >= 0.6 is 0 Å². The molecule has 0 spiro atoms. The van der Waals surface area contributed by atoms with E-state index in [0.29, 0.717) is 12.1 Å². The normalized spacial score (nSPS) is 24.8. The van der Waals surface area contributed by atoms with Gasteiger partial charge in [0, 0.05) is 24.7 Å². The quantitative estimate of drug-likeness (QED) is 0.867. The first-order valence-electron chi connectivity index (χ1n) is 8.36. The van der Waals surface area contributed by atoms with Crippen molar-refractivity contribution in [3.63, 3.8) is 0 Å². The van der Waals surface area contributed by atoms with Crippen molar-refractivity contribution >= 4 is 0 Å². The Hall–Kier alpha value is -1.06.